The first-order chi connectivity index (χ1) is 14.9. The highest BCUT2D eigenvalue weighted by Gasteiger charge is 2.19. The van der Waals surface area contributed by atoms with E-state index < -0.39 is 21.7 Å². The molecule has 0 saturated heterocycles. The van der Waals surface area contributed by atoms with E-state index >= 15 is 0 Å². The monoisotopic (exact) mass is 437 g/mol. The number of benzene rings is 3. The Labute approximate surface area is 179 Å². The summed E-state index contributed by atoms with van der Waals surface area (Å²) in [5, 5.41) is 3.96. The predicted octanol–water partition coefficient (Wildman–Crippen LogP) is 4.38. The van der Waals surface area contributed by atoms with Crippen LogP contribution in [0.1, 0.15) is 17.2 Å². The molecule has 4 rings (SSSR count). The number of hydrogen-bond donors (Lipinski definition) is 1. The smallest absolute Gasteiger partial charge is 0.175 e. The molecule has 3 aromatic carbocycles. The van der Waals surface area contributed by atoms with E-state index in [4.69, 9.17) is 4.74 Å². The molecule has 0 radical (unpaired) electrons. The van der Waals surface area contributed by atoms with Crippen LogP contribution in [0.5, 0.6) is 5.75 Å². The van der Waals surface area contributed by atoms with Crippen molar-refractivity contribution in [3.05, 3.63) is 90.0 Å². The van der Waals surface area contributed by atoms with Gasteiger partial charge in [-0.25, -0.2) is 22.8 Å². The van der Waals surface area contributed by atoms with Crippen LogP contribution in [-0.4, -0.2) is 31.8 Å². The summed E-state index contributed by atoms with van der Waals surface area (Å²) in [5.41, 5.74) is 2.08. The molecule has 0 amide bonds. The molecule has 0 saturated carbocycles. The molecule has 1 atom stereocenters. The van der Waals surface area contributed by atoms with E-state index in [1.807, 2.05) is 36.4 Å². The molecule has 1 aromatic heterocycles. The summed E-state index contributed by atoms with van der Waals surface area (Å²) < 4.78 is 43.4. The molecule has 6 nitrogen and oxygen atoms in total. The summed E-state index contributed by atoms with van der Waals surface area (Å²) in [6.45, 7) is 0. The maximum absolute atomic E-state index is 14.1. The van der Waals surface area contributed by atoms with Crippen LogP contribution in [0.15, 0.2) is 78.0 Å². The van der Waals surface area contributed by atoms with Crippen molar-refractivity contribution >= 4 is 26.6 Å². The lowest BCUT2D eigenvalue weighted by atomic mass is 9.98. The highest BCUT2D eigenvalue weighted by atomic mass is 32.2. The second-order valence-electron chi connectivity index (χ2n) is 7.06. The fourth-order valence-electron chi connectivity index (χ4n) is 3.40. The van der Waals surface area contributed by atoms with Crippen molar-refractivity contribution in [3.63, 3.8) is 0 Å². The Morgan fingerprint density at radius 1 is 0.968 bits per heavy atom. The van der Waals surface area contributed by atoms with Gasteiger partial charge in [-0.1, -0.05) is 42.5 Å². The summed E-state index contributed by atoms with van der Waals surface area (Å²) in [6.07, 6.45) is 2.53. The van der Waals surface area contributed by atoms with Crippen LogP contribution in [0, 0.1) is 5.82 Å². The number of nitrogens with zero attached hydrogens (tertiary/aromatic N) is 2. The lowest BCUT2D eigenvalue weighted by Crippen LogP contribution is -2.14. The molecule has 8 heteroatoms. The van der Waals surface area contributed by atoms with E-state index in [1.54, 1.807) is 24.3 Å². The lowest BCUT2D eigenvalue weighted by Gasteiger charge is -2.22. The molecule has 0 fully saturated rings. The molecular formula is C23H20FN3O3S. The molecule has 4 aromatic rings. The van der Waals surface area contributed by atoms with Crippen molar-refractivity contribution in [3.8, 4) is 5.75 Å². The topological polar surface area (TPSA) is 81.2 Å². The molecular weight excluding hydrogens is 417 g/mol. The number of halogens is 1. The number of fused-ring (bicyclic) bond motifs is 1. The first-order valence-electron chi connectivity index (χ1n) is 9.46. The van der Waals surface area contributed by atoms with E-state index in [0.717, 1.165) is 11.1 Å². The fourth-order valence-corrected chi connectivity index (χ4v) is 4.07. The fraction of sp³-hybridized carbons (Fsp3) is 0.130. The van der Waals surface area contributed by atoms with Crippen molar-refractivity contribution in [1.29, 1.82) is 0 Å². The molecule has 0 bridgehead atoms. The van der Waals surface area contributed by atoms with Crippen LogP contribution in [-0.2, 0) is 9.84 Å². The Kier molecular flexibility index (Phi) is 5.56. The third-order valence-corrected chi connectivity index (χ3v) is 6.05. The van der Waals surface area contributed by atoms with Gasteiger partial charge >= 0.3 is 0 Å². The van der Waals surface area contributed by atoms with Gasteiger partial charge in [0.25, 0.3) is 0 Å². The van der Waals surface area contributed by atoms with Gasteiger partial charge in [0.1, 0.15) is 12.1 Å². The van der Waals surface area contributed by atoms with Gasteiger partial charge in [0.05, 0.1) is 23.6 Å². The second kappa shape index (κ2) is 8.31. The van der Waals surface area contributed by atoms with Gasteiger partial charge in [0.15, 0.2) is 21.4 Å². The van der Waals surface area contributed by atoms with Gasteiger partial charge in [0, 0.05) is 17.7 Å². The van der Waals surface area contributed by atoms with Gasteiger partial charge < -0.3 is 10.1 Å². The molecule has 31 heavy (non-hydrogen) atoms. The van der Waals surface area contributed by atoms with Gasteiger partial charge in [0.2, 0.25) is 0 Å². The van der Waals surface area contributed by atoms with Crippen molar-refractivity contribution in [2.45, 2.75) is 10.9 Å². The first-order valence-corrected chi connectivity index (χ1v) is 11.4. The van der Waals surface area contributed by atoms with Crippen molar-refractivity contribution in [2.75, 3.05) is 18.7 Å². The van der Waals surface area contributed by atoms with Crippen molar-refractivity contribution < 1.29 is 17.5 Å². The molecule has 0 spiro atoms. The largest absolute Gasteiger partial charge is 0.494 e. The summed E-state index contributed by atoms with van der Waals surface area (Å²) in [6, 6.07) is 18.8. The molecule has 1 unspecified atom stereocenters. The van der Waals surface area contributed by atoms with E-state index in [0.29, 0.717) is 16.7 Å². The Morgan fingerprint density at radius 2 is 1.71 bits per heavy atom. The van der Waals surface area contributed by atoms with E-state index in [1.165, 1.54) is 25.8 Å². The normalized spacial score (nSPS) is 12.5. The molecule has 158 valence electrons. The second-order valence-corrected chi connectivity index (χ2v) is 9.07. The maximum Gasteiger partial charge on any atom is 0.175 e. The van der Waals surface area contributed by atoms with E-state index in [-0.39, 0.29) is 10.6 Å². The zero-order chi connectivity index (χ0) is 22.0. The predicted molar refractivity (Wildman–Crippen MR) is 118 cm³/mol. The van der Waals surface area contributed by atoms with Crippen LogP contribution in [0.25, 0.3) is 10.9 Å². The number of sulfone groups is 1. The van der Waals surface area contributed by atoms with Crippen LogP contribution in [0.3, 0.4) is 0 Å². The van der Waals surface area contributed by atoms with Crippen LogP contribution in [0.4, 0.5) is 10.2 Å². The van der Waals surface area contributed by atoms with Crippen LogP contribution >= 0.6 is 0 Å². The third kappa shape index (κ3) is 4.34. The number of nitrogens with one attached hydrogen (secondary N) is 1. The Hall–Kier alpha value is -3.52. The molecule has 1 N–H and O–H groups in total. The Balaban J connectivity index is 1.86. The van der Waals surface area contributed by atoms with Crippen LogP contribution in [0.2, 0.25) is 0 Å². The number of anilines is 1. The van der Waals surface area contributed by atoms with Gasteiger partial charge in [-0.2, -0.15) is 0 Å². The number of aromatic nitrogens is 2. The summed E-state index contributed by atoms with van der Waals surface area (Å²) in [7, 11) is -1.98. The molecule has 0 aliphatic carbocycles. The number of hydrogen-bond acceptors (Lipinski definition) is 6. The highest BCUT2D eigenvalue weighted by molar-refractivity contribution is 7.90. The zero-order valence-electron chi connectivity index (χ0n) is 16.9. The summed E-state index contributed by atoms with van der Waals surface area (Å²) >= 11 is 0. The Morgan fingerprint density at radius 3 is 2.42 bits per heavy atom. The van der Waals surface area contributed by atoms with Crippen molar-refractivity contribution in [1.82, 2.24) is 9.97 Å². The van der Waals surface area contributed by atoms with Crippen LogP contribution < -0.4 is 10.1 Å². The molecule has 0 aliphatic rings. The van der Waals surface area contributed by atoms with Gasteiger partial charge in [-0.15, -0.1) is 0 Å². The lowest BCUT2D eigenvalue weighted by molar-refractivity contribution is 0.387. The minimum Gasteiger partial charge on any atom is -0.494 e. The minimum atomic E-state index is -3.37. The highest BCUT2D eigenvalue weighted by Crippen LogP contribution is 2.32. The molecule has 1 heterocycles. The standard InChI is InChI=1S/C23H20FN3O3S/c1-30-21-12-18-20(13-19(21)24)25-14-26-23(18)27-22(15-7-4-3-5-8-15)16-9-6-10-17(11-16)31(2,28)29/h3-14,22H,1-2H3,(H,25,26,27). The average Bonchev–Trinajstić information content (AvgIpc) is 2.77. The number of rotatable bonds is 6. The zero-order valence-corrected chi connectivity index (χ0v) is 17.7. The number of methoxy groups -OCH3 is 1. The van der Waals surface area contributed by atoms with E-state index in [9.17, 15) is 12.8 Å². The maximum atomic E-state index is 14.1. The first kappa shape index (κ1) is 20.7. The van der Waals surface area contributed by atoms with Gasteiger partial charge in [-0.05, 0) is 29.3 Å². The van der Waals surface area contributed by atoms with E-state index in [2.05, 4.69) is 15.3 Å². The third-order valence-electron chi connectivity index (χ3n) is 4.94. The number of ether oxygens (including phenoxy) is 1. The SMILES string of the molecule is COc1cc2c(NC(c3ccccc3)c3cccc(S(C)(=O)=O)c3)ncnc2cc1F. The van der Waals surface area contributed by atoms with Crippen molar-refractivity contribution in [2.24, 2.45) is 0 Å². The van der Waals surface area contributed by atoms with Gasteiger partial charge in [-0.3, -0.25) is 0 Å². The quantitative estimate of drug-likeness (QED) is 0.482. The average molecular weight is 437 g/mol. The summed E-state index contributed by atoms with van der Waals surface area (Å²) in [5.74, 6) is 0.0442. The Bertz CT molecular complexity index is 1350. The minimum absolute atomic E-state index is 0.0840. The molecule has 0 aliphatic heterocycles. The summed E-state index contributed by atoms with van der Waals surface area (Å²) in [4.78, 5) is 8.73.